The highest BCUT2D eigenvalue weighted by Crippen LogP contribution is 2.42. The summed E-state index contributed by atoms with van der Waals surface area (Å²) < 4.78 is 24.8. The third-order valence-corrected chi connectivity index (χ3v) is 7.50. The Morgan fingerprint density at radius 3 is 2.50 bits per heavy atom. The first kappa shape index (κ1) is 22.9. The van der Waals surface area contributed by atoms with Crippen molar-refractivity contribution in [2.75, 3.05) is 0 Å². The molecule has 0 saturated heterocycles. The molecule has 0 aliphatic carbocycles. The van der Waals surface area contributed by atoms with Gasteiger partial charge in [0.2, 0.25) is 9.04 Å². The summed E-state index contributed by atoms with van der Waals surface area (Å²) in [5, 5.41) is 0.889. The highest BCUT2D eigenvalue weighted by atomic mass is 32.1. The summed E-state index contributed by atoms with van der Waals surface area (Å²) in [5.74, 6) is -0.235. The minimum absolute atomic E-state index is 0.235. The molecule has 34 heavy (non-hydrogen) atoms. The molecule has 3 heterocycles. The molecular formula is C27H27FN3OSSi. The second-order valence-electron chi connectivity index (χ2n) is 9.77. The maximum atomic E-state index is 15.3. The molecule has 2 aromatic carbocycles. The molecule has 0 aliphatic heterocycles. The number of fused-ring (bicyclic) bond motifs is 2. The van der Waals surface area contributed by atoms with E-state index < -0.39 is 9.04 Å². The van der Waals surface area contributed by atoms with Crippen molar-refractivity contribution >= 4 is 36.2 Å². The Balaban J connectivity index is 1.60. The minimum Gasteiger partial charge on any atom is -0.410 e. The summed E-state index contributed by atoms with van der Waals surface area (Å²) in [6.07, 6.45) is 3.66. The molecule has 4 nitrogen and oxygen atoms in total. The average molecular weight is 489 g/mol. The zero-order chi connectivity index (χ0) is 24.0. The van der Waals surface area contributed by atoms with Gasteiger partial charge in [-0.2, -0.15) is 0 Å². The van der Waals surface area contributed by atoms with E-state index in [-0.39, 0.29) is 17.3 Å². The Labute approximate surface area is 204 Å². The van der Waals surface area contributed by atoms with Gasteiger partial charge in [0, 0.05) is 18.0 Å². The van der Waals surface area contributed by atoms with Gasteiger partial charge in [0.25, 0.3) is 0 Å². The number of aromatic nitrogens is 3. The first-order valence-electron chi connectivity index (χ1n) is 11.3. The van der Waals surface area contributed by atoms with Crippen LogP contribution in [0.2, 0.25) is 13.1 Å². The van der Waals surface area contributed by atoms with Gasteiger partial charge in [0.1, 0.15) is 22.2 Å². The van der Waals surface area contributed by atoms with Gasteiger partial charge in [-0.25, -0.2) is 14.4 Å². The molecule has 0 spiro atoms. The lowest BCUT2D eigenvalue weighted by Gasteiger charge is -2.34. The van der Waals surface area contributed by atoms with Crippen LogP contribution in [0.25, 0.3) is 37.7 Å². The number of rotatable bonds is 5. The van der Waals surface area contributed by atoms with Crippen molar-refractivity contribution in [1.29, 1.82) is 0 Å². The number of halogens is 1. The highest BCUT2D eigenvalue weighted by Gasteiger charge is 2.32. The number of imidazole rings is 1. The second-order valence-corrected chi connectivity index (χ2v) is 12.9. The summed E-state index contributed by atoms with van der Waals surface area (Å²) in [4.78, 5) is 9.52. The number of hydrogen-bond acceptors (Lipinski definition) is 4. The van der Waals surface area contributed by atoms with E-state index in [1.807, 2.05) is 53.2 Å². The monoisotopic (exact) mass is 488 g/mol. The van der Waals surface area contributed by atoms with Gasteiger partial charge in [0.05, 0.1) is 16.3 Å². The first-order valence-corrected chi connectivity index (χ1v) is 14.5. The van der Waals surface area contributed by atoms with Crippen molar-refractivity contribution in [2.24, 2.45) is 5.41 Å². The van der Waals surface area contributed by atoms with E-state index in [1.165, 1.54) is 6.07 Å². The van der Waals surface area contributed by atoms with Crippen LogP contribution in [0.3, 0.4) is 0 Å². The number of para-hydroxylation sites is 1. The van der Waals surface area contributed by atoms with E-state index in [4.69, 9.17) is 14.4 Å². The maximum absolute atomic E-state index is 15.3. The smallest absolute Gasteiger partial charge is 0.205 e. The predicted octanol–water partition coefficient (Wildman–Crippen LogP) is 7.77. The normalized spacial score (nSPS) is 13.3. The molecule has 1 radical (unpaired) electrons. The second kappa shape index (κ2) is 8.72. The molecule has 0 N–H and O–H groups in total. The van der Waals surface area contributed by atoms with Crippen molar-refractivity contribution in [3.63, 3.8) is 0 Å². The van der Waals surface area contributed by atoms with Gasteiger partial charge in [0.15, 0.2) is 0 Å². The Kier molecular flexibility index (Phi) is 5.87. The topological polar surface area (TPSA) is 39.4 Å². The molecule has 0 bridgehead atoms. The van der Waals surface area contributed by atoms with E-state index in [0.29, 0.717) is 5.56 Å². The standard InChI is InChI=1S/C27H27FN3OSSi/c1-27(2,3)25(32-34(4)5)24-18(9-8-10-19(24)28)17-13-14-23-29-21(16-31(23)15-17)26-30-20-11-6-7-12-22(20)33-26/h6-16,25H,1-5H3. The largest absolute Gasteiger partial charge is 0.410 e. The number of hydrogen-bond donors (Lipinski definition) is 0. The minimum atomic E-state index is -1.04. The van der Waals surface area contributed by atoms with E-state index in [2.05, 4.69) is 39.9 Å². The van der Waals surface area contributed by atoms with Gasteiger partial charge >= 0.3 is 0 Å². The fourth-order valence-corrected chi connectivity index (χ4v) is 6.06. The molecule has 0 amide bonds. The quantitative estimate of drug-likeness (QED) is 0.237. The van der Waals surface area contributed by atoms with Gasteiger partial charge in [-0.1, -0.05) is 45.0 Å². The Bertz CT molecular complexity index is 1450. The molecular weight excluding hydrogens is 461 g/mol. The summed E-state index contributed by atoms with van der Waals surface area (Å²) in [6.45, 7) is 10.5. The van der Waals surface area contributed by atoms with Crippen molar-refractivity contribution in [2.45, 2.75) is 40.0 Å². The third kappa shape index (κ3) is 4.31. The zero-order valence-electron chi connectivity index (χ0n) is 20.0. The highest BCUT2D eigenvalue weighted by molar-refractivity contribution is 7.21. The first-order chi connectivity index (χ1) is 16.2. The molecule has 0 fully saturated rings. The molecule has 173 valence electrons. The molecule has 5 aromatic rings. The number of benzene rings is 2. The van der Waals surface area contributed by atoms with Crippen LogP contribution in [-0.2, 0) is 4.43 Å². The molecule has 0 saturated carbocycles. The molecule has 5 rings (SSSR count). The van der Waals surface area contributed by atoms with Crippen LogP contribution < -0.4 is 0 Å². The molecule has 7 heteroatoms. The lowest BCUT2D eigenvalue weighted by Crippen LogP contribution is -2.27. The molecule has 0 aliphatic rings. The van der Waals surface area contributed by atoms with Crippen LogP contribution in [-0.4, -0.2) is 23.4 Å². The molecule has 1 unspecified atom stereocenters. The van der Waals surface area contributed by atoms with Crippen molar-refractivity contribution < 1.29 is 8.82 Å². The van der Waals surface area contributed by atoms with Gasteiger partial charge in [-0.05, 0) is 60.0 Å². The maximum Gasteiger partial charge on any atom is 0.205 e. The molecule has 3 aromatic heterocycles. The van der Waals surface area contributed by atoms with Crippen LogP contribution in [0.15, 0.2) is 67.0 Å². The predicted molar refractivity (Wildman–Crippen MR) is 140 cm³/mol. The van der Waals surface area contributed by atoms with Crippen LogP contribution in [0.4, 0.5) is 4.39 Å². The van der Waals surface area contributed by atoms with Crippen molar-refractivity contribution in [3.05, 3.63) is 78.4 Å². The fraction of sp³-hybridized carbons (Fsp3) is 0.259. The van der Waals surface area contributed by atoms with Gasteiger partial charge < -0.3 is 8.83 Å². The van der Waals surface area contributed by atoms with E-state index in [1.54, 1.807) is 17.4 Å². The average Bonchev–Trinajstić information content (AvgIpc) is 3.40. The van der Waals surface area contributed by atoms with E-state index in [9.17, 15) is 0 Å². The number of nitrogens with zero attached hydrogens (tertiary/aromatic N) is 3. The molecule has 1 atom stereocenters. The Morgan fingerprint density at radius 2 is 1.76 bits per heavy atom. The van der Waals surface area contributed by atoms with Gasteiger partial charge in [-0.3, -0.25) is 0 Å². The van der Waals surface area contributed by atoms with Gasteiger partial charge in [-0.15, -0.1) is 11.3 Å². The summed E-state index contributed by atoms with van der Waals surface area (Å²) in [5.41, 5.74) is 4.77. The van der Waals surface area contributed by atoms with Crippen molar-refractivity contribution in [3.8, 4) is 21.8 Å². The zero-order valence-corrected chi connectivity index (χ0v) is 21.8. The lowest BCUT2D eigenvalue weighted by atomic mass is 9.81. The number of pyridine rings is 1. The van der Waals surface area contributed by atoms with Crippen LogP contribution in [0, 0.1) is 11.2 Å². The SMILES string of the molecule is C[Si](C)OC(c1c(F)cccc1-c1ccc2nc(-c3nc4ccccc4s3)cn2c1)C(C)(C)C. The van der Waals surface area contributed by atoms with E-state index in [0.717, 1.165) is 37.7 Å². The van der Waals surface area contributed by atoms with Crippen LogP contribution in [0.1, 0.15) is 32.4 Å². The van der Waals surface area contributed by atoms with Crippen LogP contribution >= 0.6 is 11.3 Å². The Hall–Kier alpha value is -2.87. The van der Waals surface area contributed by atoms with Crippen molar-refractivity contribution in [1.82, 2.24) is 14.4 Å². The van der Waals surface area contributed by atoms with Crippen LogP contribution in [0.5, 0.6) is 0 Å². The summed E-state index contributed by atoms with van der Waals surface area (Å²) in [6, 6.07) is 17.4. The third-order valence-electron chi connectivity index (χ3n) is 5.73. The Morgan fingerprint density at radius 1 is 0.971 bits per heavy atom. The summed E-state index contributed by atoms with van der Waals surface area (Å²) in [7, 11) is -1.04. The van der Waals surface area contributed by atoms with E-state index >= 15 is 4.39 Å². The lowest BCUT2D eigenvalue weighted by molar-refractivity contribution is 0.0837. The number of thiazole rings is 1. The fourth-order valence-electron chi connectivity index (χ4n) is 4.20. The summed E-state index contributed by atoms with van der Waals surface area (Å²) >= 11 is 1.63.